The van der Waals surface area contributed by atoms with Crippen molar-refractivity contribution in [2.24, 2.45) is 0 Å². The molecule has 0 amide bonds. The zero-order valence-electron chi connectivity index (χ0n) is 18.6. The van der Waals surface area contributed by atoms with Crippen LogP contribution in [-0.4, -0.2) is 95.8 Å². The molecule has 2 fully saturated rings. The van der Waals surface area contributed by atoms with Gasteiger partial charge in [-0.3, -0.25) is 0 Å². The van der Waals surface area contributed by atoms with Crippen LogP contribution >= 0.6 is 0 Å². The van der Waals surface area contributed by atoms with Crippen molar-refractivity contribution in [2.75, 3.05) is 62.3 Å². The van der Waals surface area contributed by atoms with Crippen LogP contribution in [0.2, 0.25) is 0 Å². The molecule has 2 saturated heterocycles. The fraction of sp³-hybridized carbons (Fsp3) is 0.450. The number of benzene rings is 1. The maximum absolute atomic E-state index is 14.2. The first-order valence-corrected chi connectivity index (χ1v) is 12.3. The summed E-state index contributed by atoms with van der Waals surface area (Å²) >= 11 is 0. The second-order valence-electron chi connectivity index (χ2n) is 8.04. The number of nitrogens with zero attached hydrogens (tertiary/aromatic N) is 8. The molecule has 0 aliphatic carbocycles. The number of aromatic nitrogens is 6. The van der Waals surface area contributed by atoms with E-state index in [1.54, 1.807) is 0 Å². The highest BCUT2D eigenvalue weighted by molar-refractivity contribution is 7.89. The third kappa shape index (κ3) is 4.43. The van der Waals surface area contributed by atoms with Crippen molar-refractivity contribution in [1.82, 2.24) is 34.9 Å². The minimum atomic E-state index is -3.83. The van der Waals surface area contributed by atoms with Gasteiger partial charge in [0.2, 0.25) is 21.8 Å². The van der Waals surface area contributed by atoms with Crippen LogP contribution in [0, 0.1) is 12.7 Å². The number of aromatic amines is 1. The van der Waals surface area contributed by atoms with Crippen molar-refractivity contribution in [3.8, 4) is 11.4 Å². The molecule has 0 bridgehead atoms. The van der Waals surface area contributed by atoms with Crippen molar-refractivity contribution in [1.29, 1.82) is 0 Å². The van der Waals surface area contributed by atoms with Gasteiger partial charge in [-0.05, 0) is 30.3 Å². The average Bonchev–Trinajstić information content (AvgIpc) is 3.39. The van der Waals surface area contributed by atoms with Crippen LogP contribution < -0.4 is 9.80 Å². The van der Waals surface area contributed by atoms with E-state index in [0.717, 1.165) is 30.7 Å². The number of H-pyrrole nitrogens is 1. The van der Waals surface area contributed by atoms with Crippen molar-refractivity contribution in [2.45, 2.75) is 11.8 Å². The first kappa shape index (κ1) is 22.6. The van der Waals surface area contributed by atoms with Gasteiger partial charge >= 0.3 is 0 Å². The van der Waals surface area contributed by atoms with Gasteiger partial charge in [0.1, 0.15) is 11.6 Å². The third-order valence-corrected chi connectivity index (χ3v) is 7.74. The second-order valence-corrected chi connectivity index (χ2v) is 9.97. The number of piperazine rings is 1. The van der Waals surface area contributed by atoms with Crippen LogP contribution in [0.3, 0.4) is 0 Å². The Morgan fingerprint density at radius 3 is 2.47 bits per heavy atom. The van der Waals surface area contributed by atoms with E-state index in [4.69, 9.17) is 9.72 Å². The second kappa shape index (κ2) is 9.19. The number of morpholine rings is 1. The molecule has 2 aromatic heterocycles. The molecule has 0 unspecified atom stereocenters. The molecule has 0 radical (unpaired) electrons. The van der Waals surface area contributed by atoms with E-state index in [0.29, 0.717) is 32.3 Å². The molecule has 5 rings (SSSR count). The highest BCUT2D eigenvalue weighted by Crippen LogP contribution is 2.26. The molecular formula is C20H24FN9O3S. The predicted molar refractivity (Wildman–Crippen MR) is 120 cm³/mol. The minimum absolute atomic E-state index is 0.00503. The van der Waals surface area contributed by atoms with Gasteiger partial charge in [-0.1, -0.05) is 0 Å². The Hall–Kier alpha value is -3.23. The smallest absolute Gasteiger partial charge is 0.243 e. The lowest BCUT2D eigenvalue weighted by molar-refractivity contribution is 0.122. The molecule has 34 heavy (non-hydrogen) atoms. The van der Waals surface area contributed by atoms with E-state index >= 15 is 0 Å². The van der Waals surface area contributed by atoms with Crippen LogP contribution in [-0.2, 0) is 14.8 Å². The van der Waals surface area contributed by atoms with Crippen LogP contribution in [0.5, 0.6) is 0 Å². The van der Waals surface area contributed by atoms with E-state index in [1.807, 2.05) is 13.0 Å². The normalized spacial score (nSPS) is 17.8. The Morgan fingerprint density at radius 2 is 1.76 bits per heavy atom. The van der Waals surface area contributed by atoms with E-state index in [9.17, 15) is 12.8 Å². The number of hydrogen-bond acceptors (Lipinski definition) is 10. The number of halogens is 1. The fourth-order valence-electron chi connectivity index (χ4n) is 4.02. The molecule has 4 heterocycles. The van der Waals surface area contributed by atoms with Gasteiger partial charge in [0.25, 0.3) is 0 Å². The number of ether oxygens (including phenoxy) is 1. The molecule has 1 N–H and O–H groups in total. The Bertz CT molecular complexity index is 1260. The molecule has 180 valence electrons. The third-order valence-electron chi connectivity index (χ3n) is 5.85. The van der Waals surface area contributed by atoms with Gasteiger partial charge in [-0.25, -0.2) is 17.8 Å². The summed E-state index contributed by atoms with van der Waals surface area (Å²) in [5, 5.41) is 13.2. The molecule has 2 aliphatic rings. The first-order chi connectivity index (χ1) is 16.4. The summed E-state index contributed by atoms with van der Waals surface area (Å²) in [4.78, 5) is 13.4. The number of rotatable bonds is 5. The zero-order chi connectivity index (χ0) is 23.7. The predicted octanol–water partition coefficient (Wildman–Crippen LogP) is 0.452. The Morgan fingerprint density at radius 1 is 1.00 bits per heavy atom. The summed E-state index contributed by atoms with van der Waals surface area (Å²) in [5.41, 5.74) is 0.822. The molecule has 1 aromatic carbocycles. The molecule has 3 aromatic rings. The van der Waals surface area contributed by atoms with Crippen molar-refractivity contribution in [3.05, 3.63) is 35.8 Å². The summed E-state index contributed by atoms with van der Waals surface area (Å²) in [7, 11) is -3.83. The maximum atomic E-state index is 14.2. The standard InChI is InChI=1S/C20H24FN9O3S/c1-14-12-18(23-20(22-14)29-8-10-33-11-9-29)28-4-6-30(7-5-28)34(31,32)15-2-3-17(21)16(13-15)19-24-26-27-25-19/h2-3,12-13H,4-11H2,1H3,(H,24,25,26,27). The summed E-state index contributed by atoms with van der Waals surface area (Å²) in [5.74, 6) is 0.802. The van der Waals surface area contributed by atoms with E-state index in [1.165, 1.54) is 16.4 Å². The van der Waals surface area contributed by atoms with Crippen LogP contribution in [0.1, 0.15) is 5.69 Å². The summed E-state index contributed by atoms with van der Waals surface area (Å²) in [6, 6.07) is 5.50. The van der Waals surface area contributed by atoms with E-state index in [-0.39, 0.29) is 29.4 Å². The average molecular weight is 490 g/mol. The van der Waals surface area contributed by atoms with Gasteiger partial charge in [0, 0.05) is 51.0 Å². The van der Waals surface area contributed by atoms with Gasteiger partial charge in [0.05, 0.1) is 23.7 Å². The van der Waals surface area contributed by atoms with Gasteiger partial charge < -0.3 is 14.5 Å². The molecule has 0 atom stereocenters. The monoisotopic (exact) mass is 489 g/mol. The van der Waals surface area contributed by atoms with Crippen LogP contribution in [0.25, 0.3) is 11.4 Å². The van der Waals surface area contributed by atoms with Gasteiger partial charge in [0.15, 0.2) is 0 Å². The number of hydrogen-bond donors (Lipinski definition) is 1. The Balaban J connectivity index is 1.32. The van der Waals surface area contributed by atoms with Crippen molar-refractivity contribution >= 4 is 21.8 Å². The highest BCUT2D eigenvalue weighted by Gasteiger charge is 2.30. The Kier molecular flexibility index (Phi) is 6.10. The zero-order valence-corrected chi connectivity index (χ0v) is 19.4. The molecule has 0 spiro atoms. The summed E-state index contributed by atoms with van der Waals surface area (Å²) in [6.07, 6.45) is 0. The lowest BCUT2D eigenvalue weighted by Crippen LogP contribution is -2.49. The van der Waals surface area contributed by atoms with Gasteiger partial charge in [-0.2, -0.15) is 14.5 Å². The quantitative estimate of drug-likeness (QED) is 0.538. The lowest BCUT2D eigenvalue weighted by Gasteiger charge is -2.35. The van der Waals surface area contributed by atoms with Crippen LogP contribution in [0.15, 0.2) is 29.2 Å². The highest BCUT2D eigenvalue weighted by atomic mass is 32.2. The largest absolute Gasteiger partial charge is 0.378 e. The number of anilines is 2. The number of tetrazole rings is 1. The number of sulfonamides is 1. The summed E-state index contributed by atoms with van der Waals surface area (Å²) in [6.45, 7) is 6.15. The van der Waals surface area contributed by atoms with Crippen LogP contribution in [0.4, 0.5) is 16.2 Å². The van der Waals surface area contributed by atoms with Crippen molar-refractivity contribution < 1.29 is 17.5 Å². The molecular weight excluding hydrogens is 465 g/mol. The molecule has 14 heteroatoms. The number of nitrogens with one attached hydrogen (secondary N) is 1. The Labute approximate surface area is 195 Å². The van der Waals surface area contributed by atoms with Crippen molar-refractivity contribution in [3.63, 3.8) is 0 Å². The minimum Gasteiger partial charge on any atom is -0.378 e. The maximum Gasteiger partial charge on any atom is 0.243 e. The molecule has 2 aliphatic heterocycles. The first-order valence-electron chi connectivity index (χ1n) is 10.9. The lowest BCUT2D eigenvalue weighted by atomic mass is 10.2. The topological polar surface area (TPSA) is 133 Å². The fourth-order valence-corrected chi connectivity index (χ4v) is 5.47. The summed E-state index contributed by atoms with van der Waals surface area (Å²) < 4.78 is 47.6. The van der Waals surface area contributed by atoms with E-state index in [2.05, 4.69) is 35.4 Å². The van der Waals surface area contributed by atoms with Gasteiger partial charge in [-0.15, -0.1) is 10.2 Å². The number of aryl methyl sites for hydroxylation is 1. The SMILES string of the molecule is Cc1cc(N2CCN(S(=O)(=O)c3ccc(F)c(-c4nn[nH]n4)c3)CC2)nc(N2CCOCC2)n1. The molecule has 12 nitrogen and oxygen atoms in total. The molecule has 0 saturated carbocycles. The van der Waals surface area contributed by atoms with E-state index < -0.39 is 15.8 Å².